The smallest absolute Gasteiger partial charge is 0.433 e. The van der Waals surface area contributed by atoms with Crippen LogP contribution in [0.25, 0.3) is 0 Å². The summed E-state index contributed by atoms with van der Waals surface area (Å²) in [7, 11) is -3.54. The number of aromatic nitrogens is 2. The molecule has 0 bridgehead atoms. The third kappa shape index (κ3) is 6.10. The standard InChI is InChI=1S/C23H22F3N3O4S.2H2/c1-22(2,3)14-5-7-18(21(30)29-15-10-17(13-27-11-15)34(4,31)32)19(9-14)33-16-6-8-20(28-12-16)23(24,25)26;;/h5-13H,1-4H3,(H,29,30);2*1H. The van der Waals surface area contributed by atoms with Crippen molar-refractivity contribution in [3.8, 4) is 11.5 Å². The maximum atomic E-state index is 13.0. The molecule has 2 heterocycles. The van der Waals surface area contributed by atoms with Gasteiger partial charge in [-0.1, -0.05) is 26.8 Å². The van der Waals surface area contributed by atoms with Crippen molar-refractivity contribution in [3.63, 3.8) is 0 Å². The predicted octanol–water partition coefficient (Wildman–Crippen LogP) is 5.73. The van der Waals surface area contributed by atoms with Crippen LogP contribution in [-0.2, 0) is 21.4 Å². The Morgan fingerprint density at radius 1 is 1.03 bits per heavy atom. The number of halogens is 3. The monoisotopic (exact) mass is 497 g/mol. The third-order valence-corrected chi connectivity index (χ3v) is 5.83. The molecular weight excluding hydrogens is 471 g/mol. The first-order valence-electron chi connectivity index (χ1n) is 9.97. The van der Waals surface area contributed by atoms with Crippen LogP contribution < -0.4 is 10.1 Å². The molecule has 0 fully saturated rings. The number of amides is 1. The number of carbonyl (C=O) groups excluding carboxylic acids is 1. The van der Waals surface area contributed by atoms with E-state index in [0.29, 0.717) is 0 Å². The maximum Gasteiger partial charge on any atom is 0.433 e. The largest absolute Gasteiger partial charge is 0.455 e. The van der Waals surface area contributed by atoms with E-state index in [1.165, 1.54) is 18.3 Å². The molecule has 184 valence electrons. The fourth-order valence-electron chi connectivity index (χ4n) is 2.88. The fraction of sp³-hybridized carbons (Fsp3) is 0.261. The van der Waals surface area contributed by atoms with Crippen LogP contribution in [0, 0.1) is 0 Å². The molecule has 1 aromatic carbocycles. The number of pyridine rings is 2. The number of hydrogen-bond acceptors (Lipinski definition) is 6. The van der Waals surface area contributed by atoms with Crippen LogP contribution in [0.15, 0.2) is 59.9 Å². The molecule has 34 heavy (non-hydrogen) atoms. The van der Waals surface area contributed by atoms with Gasteiger partial charge in [0.25, 0.3) is 5.91 Å². The second kappa shape index (κ2) is 9.05. The summed E-state index contributed by atoms with van der Waals surface area (Å²) in [6.45, 7) is 5.86. The quantitative estimate of drug-likeness (QED) is 0.483. The molecule has 0 unspecified atom stereocenters. The molecule has 1 amide bonds. The van der Waals surface area contributed by atoms with E-state index in [9.17, 15) is 26.4 Å². The number of nitrogens with zero attached hydrogens (tertiary/aromatic N) is 2. The van der Waals surface area contributed by atoms with E-state index < -0.39 is 27.6 Å². The summed E-state index contributed by atoms with van der Waals surface area (Å²) >= 11 is 0. The molecule has 0 aliphatic rings. The average molecular weight is 498 g/mol. The molecule has 0 aliphatic heterocycles. The number of hydrogen-bond donors (Lipinski definition) is 1. The van der Waals surface area contributed by atoms with E-state index in [4.69, 9.17) is 4.74 Å². The normalized spacial score (nSPS) is 12.3. The lowest BCUT2D eigenvalue weighted by atomic mass is 9.86. The van der Waals surface area contributed by atoms with Crippen LogP contribution in [-0.4, -0.2) is 30.5 Å². The van der Waals surface area contributed by atoms with Gasteiger partial charge in [-0.15, -0.1) is 0 Å². The molecule has 7 nitrogen and oxygen atoms in total. The highest BCUT2D eigenvalue weighted by Gasteiger charge is 2.32. The minimum absolute atomic E-state index is 0. The van der Waals surface area contributed by atoms with Crippen LogP contribution >= 0.6 is 0 Å². The Hall–Kier alpha value is -3.47. The molecule has 0 saturated carbocycles. The number of carbonyl (C=O) groups is 1. The van der Waals surface area contributed by atoms with Crippen molar-refractivity contribution in [2.45, 2.75) is 37.3 Å². The predicted molar refractivity (Wildman–Crippen MR) is 124 cm³/mol. The summed E-state index contributed by atoms with van der Waals surface area (Å²) in [5, 5.41) is 2.57. The van der Waals surface area contributed by atoms with Gasteiger partial charge in [-0.3, -0.25) is 9.78 Å². The van der Waals surface area contributed by atoms with E-state index in [0.717, 1.165) is 36.3 Å². The van der Waals surface area contributed by atoms with Gasteiger partial charge < -0.3 is 10.1 Å². The van der Waals surface area contributed by atoms with Crippen LogP contribution in [0.5, 0.6) is 11.5 Å². The zero-order valence-corrected chi connectivity index (χ0v) is 19.6. The summed E-state index contributed by atoms with van der Waals surface area (Å²) in [6.07, 6.45) is -0.200. The molecule has 2 aromatic heterocycles. The first kappa shape index (κ1) is 25.2. The molecule has 0 saturated heterocycles. The highest BCUT2D eigenvalue weighted by Crippen LogP contribution is 2.33. The number of sulfone groups is 1. The summed E-state index contributed by atoms with van der Waals surface area (Å²) in [5.41, 5.74) is -0.328. The molecule has 0 spiro atoms. The molecule has 11 heteroatoms. The van der Waals surface area contributed by atoms with Crippen LogP contribution in [0.3, 0.4) is 0 Å². The molecule has 0 radical (unpaired) electrons. The Bertz CT molecular complexity index is 1330. The molecule has 3 aromatic rings. The number of benzene rings is 1. The second-order valence-corrected chi connectivity index (χ2v) is 10.6. The van der Waals surface area contributed by atoms with E-state index in [-0.39, 0.29) is 35.9 Å². The molecule has 0 atom stereocenters. The average Bonchev–Trinajstić information content (AvgIpc) is 2.72. The van der Waals surface area contributed by atoms with Crippen molar-refractivity contribution in [1.82, 2.24) is 9.97 Å². The summed E-state index contributed by atoms with van der Waals surface area (Å²) < 4.78 is 67.7. The van der Waals surface area contributed by atoms with Gasteiger partial charge in [-0.25, -0.2) is 13.4 Å². The van der Waals surface area contributed by atoms with Gasteiger partial charge in [0.15, 0.2) is 9.84 Å². The van der Waals surface area contributed by atoms with Gasteiger partial charge in [0.05, 0.1) is 28.5 Å². The van der Waals surface area contributed by atoms with E-state index >= 15 is 0 Å². The number of nitrogens with one attached hydrogen (secondary N) is 1. The summed E-state index contributed by atoms with van der Waals surface area (Å²) in [4.78, 5) is 20.1. The molecule has 3 rings (SSSR count). The molecule has 0 aliphatic carbocycles. The number of ether oxygens (including phenoxy) is 1. The summed E-state index contributed by atoms with van der Waals surface area (Å²) in [5.74, 6) is -0.518. The lowest BCUT2D eigenvalue weighted by Crippen LogP contribution is -2.16. The number of rotatable bonds is 5. The van der Waals surface area contributed by atoms with Crippen molar-refractivity contribution < 1.29 is 34.0 Å². The number of anilines is 1. The summed E-state index contributed by atoms with van der Waals surface area (Å²) in [6, 6.07) is 8.04. The Morgan fingerprint density at radius 3 is 2.29 bits per heavy atom. The lowest BCUT2D eigenvalue weighted by molar-refractivity contribution is -0.141. The highest BCUT2D eigenvalue weighted by molar-refractivity contribution is 7.90. The third-order valence-electron chi connectivity index (χ3n) is 4.75. The zero-order valence-electron chi connectivity index (χ0n) is 18.8. The number of alkyl halides is 3. The minimum Gasteiger partial charge on any atom is -0.455 e. The van der Waals surface area contributed by atoms with Crippen molar-refractivity contribution in [2.75, 3.05) is 11.6 Å². The lowest BCUT2D eigenvalue weighted by Gasteiger charge is -2.21. The molecule has 1 N–H and O–H groups in total. The first-order chi connectivity index (χ1) is 15.6. The van der Waals surface area contributed by atoms with Crippen molar-refractivity contribution >= 4 is 21.4 Å². The fourth-order valence-corrected chi connectivity index (χ4v) is 3.48. The SMILES string of the molecule is CC(C)(C)c1ccc(C(=O)Nc2cncc(S(C)(=O)=O)c2)c(Oc2ccc(C(F)(F)F)nc2)c1.[HH].[HH]. The maximum absolute atomic E-state index is 13.0. The topological polar surface area (TPSA) is 98.2 Å². The van der Waals surface area contributed by atoms with E-state index in [1.807, 2.05) is 20.8 Å². The van der Waals surface area contributed by atoms with E-state index in [1.54, 1.807) is 12.1 Å². The van der Waals surface area contributed by atoms with E-state index in [2.05, 4.69) is 15.3 Å². The van der Waals surface area contributed by atoms with Gasteiger partial charge in [0, 0.05) is 15.3 Å². The Kier molecular flexibility index (Phi) is 6.70. The van der Waals surface area contributed by atoms with Crippen molar-refractivity contribution in [3.05, 3.63) is 71.8 Å². The molecular formula is C23H26F3N3O4S. The van der Waals surface area contributed by atoms with Gasteiger partial charge >= 0.3 is 6.18 Å². The van der Waals surface area contributed by atoms with Crippen molar-refractivity contribution in [2.24, 2.45) is 0 Å². The first-order valence-corrected chi connectivity index (χ1v) is 11.9. The second-order valence-electron chi connectivity index (χ2n) is 8.58. The van der Waals surface area contributed by atoms with Crippen molar-refractivity contribution in [1.29, 1.82) is 0 Å². The van der Waals surface area contributed by atoms with Crippen LogP contribution in [0.2, 0.25) is 0 Å². The van der Waals surface area contributed by atoms with Gasteiger partial charge in [0.1, 0.15) is 17.2 Å². The van der Waals surface area contributed by atoms with Gasteiger partial charge in [-0.05, 0) is 41.3 Å². The van der Waals surface area contributed by atoms with Gasteiger partial charge in [-0.2, -0.15) is 13.2 Å². The Morgan fingerprint density at radius 2 is 1.74 bits per heavy atom. The zero-order chi connectivity index (χ0) is 25.3. The highest BCUT2D eigenvalue weighted by atomic mass is 32.2. The van der Waals surface area contributed by atoms with Crippen LogP contribution in [0.4, 0.5) is 18.9 Å². The Labute approximate surface area is 197 Å². The Balaban J connectivity index is 0.00000324. The minimum atomic E-state index is -4.59. The van der Waals surface area contributed by atoms with Gasteiger partial charge in [0.2, 0.25) is 0 Å². The van der Waals surface area contributed by atoms with Crippen LogP contribution in [0.1, 0.15) is 45.2 Å².